The monoisotopic (exact) mass is 280 g/mol. The van der Waals surface area contributed by atoms with E-state index in [-0.39, 0.29) is 5.56 Å². The lowest BCUT2D eigenvalue weighted by molar-refractivity contribution is 0.459. The van der Waals surface area contributed by atoms with Gasteiger partial charge in [-0.2, -0.15) is 5.10 Å². The van der Waals surface area contributed by atoms with Gasteiger partial charge in [0.2, 0.25) is 0 Å². The number of rotatable bonds is 5. The first-order valence-corrected chi connectivity index (χ1v) is 6.55. The molecule has 0 fully saturated rings. The van der Waals surface area contributed by atoms with Crippen LogP contribution in [0.25, 0.3) is 0 Å². The lowest BCUT2D eigenvalue weighted by Gasteiger charge is -2.20. The largest absolute Gasteiger partial charge is 0.310 e. The van der Waals surface area contributed by atoms with E-state index in [1.165, 1.54) is 18.5 Å². The molecule has 2 aromatic rings. The van der Waals surface area contributed by atoms with Crippen LogP contribution in [0.1, 0.15) is 29.9 Å². The standard InChI is InChI=1S/C14H18F2N4/c1-4-17-11(7-12-18-8-19-20(12)3)13-10(15)6-5-9(2)14(13)16/h5-6,8,11,17H,4,7H2,1-3H3. The Morgan fingerprint density at radius 1 is 1.35 bits per heavy atom. The molecule has 0 aliphatic heterocycles. The minimum absolute atomic E-state index is 0.0647. The smallest absolute Gasteiger partial charge is 0.138 e. The number of benzene rings is 1. The zero-order valence-corrected chi connectivity index (χ0v) is 11.8. The van der Waals surface area contributed by atoms with E-state index in [1.54, 1.807) is 18.7 Å². The third-order valence-corrected chi connectivity index (χ3v) is 3.31. The quantitative estimate of drug-likeness (QED) is 0.914. The van der Waals surface area contributed by atoms with Crippen molar-refractivity contribution in [3.05, 3.63) is 47.0 Å². The van der Waals surface area contributed by atoms with Gasteiger partial charge in [0.05, 0.1) is 0 Å². The Morgan fingerprint density at radius 3 is 2.70 bits per heavy atom. The molecule has 4 nitrogen and oxygen atoms in total. The molecule has 0 radical (unpaired) electrons. The highest BCUT2D eigenvalue weighted by atomic mass is 19.1. The second-order valence-electron chi connectivity index (χ2n) is 4.71. The highest BCUT2D eigenvalue weighted by Gasteiger charge is 2.22. The number of hydrogen-bond acceptors (Lipinski definition) is 3. The van der Waals surface area contributed by atoms with Crippen LogP contribution in [0.4, 0.5) is 8.78 Å². The number of likely N-dealkylation sites (N-methyl/N-ethyl adjacent to an activating group) is 1. The topological polar surface area (TPSA) is 42.7 Å². The van der Waals surface area contributed by atoms with Crippen molar-refractivity contribution in [2.75, 3.05) is 6.54 Å². The first-order valence-electron chi connectivity index (χ1n) is 6.55. The number of aromatic nitrogens is 3. The maximum Gasteiger partial charge on any atom is 0.138 e. The van der Waals surface area contributed by atoms with Crippen LogP contribution in [0.3, 0.4) is 0 Å². The van der Waals surface area contributed by atoms with E-state index < -0.39 is 17.7 Å². The molecule has 0 amide bonds. The number of nitrogens with zero attached hydrogens (tertiary/aromatic N) is 3. The minimum atomic E-state index is -0.541. The van der Waals surface area contributed by atoms with Gasteiger partial charge in [0.15, 0.2) is 0 Å². The van der Waals surface area contributed by atoms with Gasteiger partial charge < -0.3 is 5.32 Å². The van der Waals surface area contributed by atoms with Crippen molar-refractivity contribution in [2.24, 2.45) is 7.05 Å². The molecule has 0 bridgehead atoms. The van der Waals surface area contributed by atoms with Gasteiger partial charge in [0.25, 0.3) is 0 Å². The minimum Gasteiger partial charge on any atom is -0.310 e. The summed E-state index contributed by atoms with van der Waals surface area (Å²) < 4.78 is 29.9. The first kappa shape index (κ1) is 14.6. The van der Waals surface area contributed by atoms with Gasteiger partial charge in [0.1, 0.15) is 23.8 Å². The summed E-state index contributed by atoms with van der Waals surface area (Å²) in [5.41, 5.74) is 0.497. The molecule has 1 heterocycles. The second-order valence-corrected chi connectivity index (χ2v) is 4.71. The van der Waals surface area contributed by atoms with Crippen molar-refractivity contribution >= 4 is 0 Å². The average Bonchev–Trinajstić information content (AvgIpc) is 2.80. The molecule has 0 aliphatic rings. The molecule has 6 heteroatoms. The molecule has 1 N–H and O–H groups in total. The van der Waals surface area contributed by atoms with Crippen molar-refractivity contribution in [3.63, 3.8) is 0 Å². The molecule has 20 heavy (non-hydrogen) atoms. The van der Waals surface area contributed by atoms with Crippen LogP contribution in [0.5, 0.6) is 0 Å². The van der Waals surface area contributed by atoms with E-state index in [0.717, 1.165) is 0 Å². The van der Waals surface area contributed by atoms with Gasteiger partial charge in [-0.1, -0.05) is 13.0 Å². The third kappa shape index (κ3) is 2.85. The predicted molar refractivity (Wildman–Crippen MR) is 72.2 cm³/mol. The van der Waals surface area contributed by atoms with Crippen LogP contribution in [-0.2, 0) is 13.5 Å². The lowest BCUT2D eigenvalue weighted by Crippen LogP contribution is -2.26. The number of hydrogen-bond donors (Lipinski definition) is 1. The van der Waals surface area contributed by atoms with Crippen molar-refractivity contribution in [3.8, 4) is 0 Å². The molecule has 2 rings (SSSR count). The molecule has 0 saturated heterocycles. The summed E-state index contributed by atoms with van der Waals surface area (Å²) in [5, 5.41) is 7.09. The Morgan fingerprint density at radius 2 is 2.10 bits per heavy atom. The molecule has 0 aliphatic carbocycles. The zero-order valence-electron chi connectivity index (χ0n) is 11.8. The predicted octanol–water partition coefficient (Wildman–Crippen LogP) is 2.30. The second kappa shape index (κ2) is 6.09. The fraction of sp³-hybridized carbons (Fsp3) is 0.429. The van der Waals surface area contributed by atoms with Gasteiger partial charge in [0, 0.05) is 25.1 Å². The van der Waals surface area contributed by atoms with Crippen LogP contribution in [-0.4, -0.2) is 21.3 Å². The van der Waals surface area contributed by atoms with E-state index in [2.05, 4.69) is 15.4 Å². The fourth-order valence-electron chi connectivity index (χ4n) is 2.21. The number of halogens is 2. The van der Waals surface area contributed by atoms with Crippen LogP contribution in [0.15, 0.2) is 18.5 Å². The summed E-state index contributed by atoms with van der Waals surface area (Å²) in [6.45, 7) is 4.13. The molecule has 1 atom stereocenters. The zero-order chi connectivity index (χ0) is 14.7. The maximum absolute atomic E-state index is 14.2. The fourth-order valence-corrected chi connectivity index (χ4v) is 2.21. The third-order valence-electron chi connectivity index (χ3n) is 3.31. The van der Waals surface area contributed by atoms with Gasteiger partial charge in [-0.15, -0.1) is 0 Å². The molecule has 0 saturated carbocycles. The van der Waals surface area contributed by atoms with E-state index in [1.807, 2.05) is 6.92 Å². The highest BCUT2D eigenvalue weighted by molar-refractivity contribution is 5.30. The molecule has 0 spiro atoms. The Hall–Kier alpha value is -1.82. The van der Waals surface area contributed by atoms with E-state index in [4.69, 9.17) is 0 Å². The van der Waals surface area contributed by atoms with Crippen molar-refractivity contribution < 1.29 is 8.78 Å². The molecule has 1 unspecified atom stereocenters. The van der Waals surface area contributed by atoms with Crippen molar-refractivity contribution in [2.45, 2.75) is 26.3 Å². The normalized spacial score (nSPS) is 12.7. The molecular weight excluding hydrogens is 262 g/mol. The lowest BCUT2D eigenvalue weighted by atomic mass is 9.99. The van der Waals surface area contributed by atoms with Crippen LogP contribution in [0.2, 0.25) is 0 Å². The summed E-state index contributed by atoms with van der Waals surface area (Å²) >= 11 is 0. The van der Waals surface area contributed by atoms with Crippen LogP contribution >= 0.6 is 0 Å². The summed E-state index contributed by atoms with van der Waals surface area (Å²) in [6.07, 6.45) is 1.81. The number of nitrogens with one attached hydrogen (secondary N) is 1. The SMILES string of the molecule is CCNC(Cc1ncnn1C)c1c(F)ccc(C)c1F. The van der Waals surface area contributed by atoms with E-state index >= 15 is 0 Å². The molecular formula is C14H18F2N4. The Labute approximate surface area is 116 Å². The van der Waals surface area contributed by atoms with Gasteiger partial charge >= 0.3 is 0 Å². The van der Waals surface area contributed by atoms with Crippen molar-refractivity contribution in [1.29, 1.82) is 0 Å². The highest BCUT2D eigenvalue weighted by Crippen LogP contribution is 2.25. The van der Waals surface area contributed by atoms with Crippen LogP contribution in [0, 0.1) is 18.6 Å². The van der Waals surface area contributed by atoms with Gasteiger partial charge in [-0.3, -0.25) is 4.68 Å². The maximum atomic E-state index is 14.2. The van der Waals surface area contributed by atoms with E-state index in [0.29, 0.717) is 24.4 Å². The number of aryl methyl sites for hydroxylation is 2. The Bertz CT molecular complexity index is 595. The summed E-state index contributed by atoms with van der Waals surface area (Å²) in [7, 11) is 1.76. The molecule has 1 aromatic heterocycles. The average molecular weight is 280 g/mol. The first-order chi connectivity index (χ1) is 9.54. The van der Waals surface area contributed by atoms with Crippen LogP contribution < -0.4 is 5.32 Å². The Kier molecular flexibility index (Phi) is 4.44. The van der Waals surface area contributed by atoms with Crippen molar-refractivity contribution in [1.82, 2.24) is 20.1 Å². The summed E-state index contributed by atoms with van der Waals surface area (Å²) in [5.74, 6) is -0.365. The Balaban J connectivity index is 2.38. The summed E-state index contributed by atoms with van der Waals surface area (Å²) in [6, 6.07) is 2.27. The summed E-state index contributed by atoms with van der Waals surface area (Å²) in [4.78, 5) is 4.11. The van der Waals surface area contributed by atoms with Gasteiger partial charge in [-0.25, -0.2) is 13.8 Å². The van der Waals surface area contributed by atoms with E-state index in [9.17, 15) is 8.78 Å². The molecule has 108 valence electrons. The molecule has 1 aromatic carbocycles. The van der Waals surface area contributed by atoms with Gasteiger partial charge in [-0.05, 0) is 25.1 Å².